The molecule has 1 fully saturated rings. The van der Waals surface area contributed by atoms with E-state index in [0.717, 1.165) is 36.6 Å². The number of carbonyl (C=O) groups excluding carboxylic acids is 1. The van der Waals surface area contributed by atoms with Crippen molar-refractivity contribution < 1.29 is 4.79 Å². The second kappa shape index (κ2) is 5.30. The number of hydrogen-bond acceptors (Lipinski definition) is 3. The lowest BCUT2D eigenvalue weighted by Crippen LogP contribution is -2.41. The molecule has 0 saturated carbocycles. The van der Waals surface area contributed by atoms with Gasteiger partial charge in [-0.15, -0.1) is 0 Å². The van der Waals surface area contributed by atoms with Crippen molar-refractivity contribution in [3.8, 4) is 0 Å². The number of aliphatic imine (C=N–C) groups is 1. The molecule has 0 spiro atoms. The zero-order valence-corrected chi connectivity index (χ0v) is 12.2. The molecule has 4 heteroatoms. The molecule has 1 unspecified atom stereocenters. The average molecular weight is 291 g/mol. The summed E-state index contributed by atoms with van der Waals surface area (Å²) in [6.45, 7) is 0.799. The molecule has 22 heavy (non-hydrogen) atoms. The quantitative estimate of drug-likeness (QED) is 0.874. The van der Waals surface area contributed by atoms with Gasteiger partial charge in [-0.05, 0) is 37.1 Å². The van der Waals surface area contributed by atoms with Gasteiger partial charge in [-0.25, -0.2) is 4.99 Å². The molecule has 2 aliphatic rings. The summed E-state index contributed by atoms with van der Waals surface area (Å²) < 4.78 is 0. The Kier molecular flexibility index (Phi) is 3.15. The Morgan fingerprint density at radius 3 is 2.68 bits per heavy atom. The summed E-state index contributed by atoms with van der Waals surface area (Å²) in [6.07, 6.45) is 1.98. The summed E-state index contributed by atoms with van der Waals surface area (Å²) >= 11 is 0. The van der Waals surface area contributed by atoms with Crippen LogP contribution in [-0.4, -0.2) is 29.2 Å². The Bertz CT molecular complexity index is 739. The Labute approximate surface area is 129 Å². The van der Waals surface area contributed by atoms with Gasteiger partial charge in [0.2, 0.25) is 0 Å². The maximum absolute atomic E-state index is 12.7. The first kappa shape index (κ1) is 13.1. The van der Waals surface area contributed by atoms with Gasteiger partial charge in [0.1, 0.15) is 5.84 Å². The molecule has 0 aromatic heterocycles. The molecule has 0 bridgehead atoms. The van der Waals surface area contributed by atoms with Gasteiger partial charge >= 0.3 is 0 Å². The summed E-state index contributed by atoms with van der Waals surface area (Å²) in [5, 5.41) is 3.41. The summed E-state index contributed by atoms with van der Waals surface area (Å²) in [5.41, 5.74) is 2.44. The minimum Gasteiger partial charge on any atom is -0.342 e. The fraction of sp³-hybridized carbons (Fsp3) is 0.222. The van der Waals surface area contributed by atoms with Gasteiger partial charge in [-0.2, -0.15) is 0 Å². The molecule has 1 saturated heterocycles. The fourth-order valence-corrected chi connectivity index (χ4v) is 3.19. The smallest absolute Gasteiger partial charge is 0.256 e. The van der Waals surface area contributed by atoms with E-state index in [-0.39, 0.29) is 11.9 Å². The molecule has 1 amide bonds. The summed E-state index contributed by atoms with van der Waals surface area (Å²) in [4.78, 5) is 19.5. The van der Waals surface area contributed by atoms with E-state index in [4.69, 9.17) is 4.99 Å². The molecular formula is C18H17N3O. The molecule has 2 aromatic rings. The van der Waals surface area contributed by atoms with Crippen molar-refractivity contribution in [2.24, 2.45) is 4.99 Å². The first-order valence-corrected chi connectivity index (χ1v) is 7.63. The highest BCUT2D eigenvalue weighted by molar-refractivity contribution is 6.09. The third-order valence-electron chi connectivity index (χ3n) is 4.25. The van der Waals surface area contributed by atoms with Gasteiger partial charge in [0, 0.05) is 12.2 Å². The molecule has 0 radical (unpaired) electrons. The van der Waals surface area contributed by atoms with Crippen molar-refractivity contribution in [2.75, 3.05) is 11.9 Å². The molecule has 1 atom stereocenters. The third kappa shape index (κ3) is 2.17. The van der Waals surface area contributed by atoms with Gasteiger partial charge in [0.05, 0.1) is 17.3 Å². The Morgan fingerprint density at radius 2 is 1.82 bits per heavy atom. The van der Waals surface area contributed by atoms with Crippen LogP contribution in [0.5, 0.6) is 0 Å². The number of para-hydroxylation sites is 2. The summed E-state index contributed by atoms with van der Waals surface area (Å²) in [7, 11) is 0. The van der Waals surface area contributed by atoms with Gasteiger partial charge in [0.25, 0.3) is 5.91 Å². The second-order valence-corrected chi connectivity index (χ2v) is 5.66. The lowest BCUT2D eigenvalue weighted by Gasteiger charge is -2.24. The van der Waals surface area contributed by atoms with Crippen molar-refractivity contribution >= 4 is 23.1 Å². The predicted molar refractivity (Wildman–Crippen MR) is 87.7 cm³/mol. The van der Waals surface area contributed by atoms with E-state index in [1.807, 2.05) is 59.5 Å². The van der Waals surface area contributed by atoms with Crippen LogP contribution in [0.15, 0.2) is 59.6 Å². The highest BCUT2D eigenvalue weighted by atomic mass is 16.2. The lowest BCUT2D eigenvalue weighted by atomic mass is 10.1. The standard InChI is InChI=1S/C18H17N3O/c22-18-14-9-4-5-10-15(14)20-17(16-11-6-12-21(16)18)19-13-7-2-1-3-8-13/h1-5,7-10,16H,6,11-12H2,(H,19,20). The van der Waals surface area contributed by atoms with Gasteiger partial charge in [-0.1, -0.05) is 30.3 Å². The maximum atomic E-state index is 12.7. The number of hydrogen-bond donors (Lipinski definition) is 1. The molecular weight excluding hydrogens is 274 g/mol. The fourth-order valence-electron chi connectivity index (χ4n) is 3.19. The molecule has 2 aromatic carbocycles. The maximum Gasteiger partial charge on any atom is 0.256 e. The topological polar surface area (TPSA) is 44.7 Å². The van der Waals surface area contributed by atoms with E-state index >= 15 is 0 Å². The van der Waals surface area contributed by atoms with Crippen LogP contribution < -0.4 is 5.32 Å². The number of benzene rings is 2. The minimum absolute atomic E-state index is 0.0418. The van der Waals surface area contributed by atoms with E-state index in [1.165, 1.54) is 0 Å². The monoisotopic (exact) mass is 291 g/mol. The first-order valence-electron chi connectivity index (χ1n) is 7.63. The predicted octanol–water partition coefficient (Wildman–Crippen LogP) is 3.45. The Balaban J connectivity index is 1.78. The Hall–Kier alpha value is -2.62. The van der Waals surface area contributed by atoms with Gasteiger partial charge in [-0.3, -0.25) is 4.79 Å². The average Bonchev–Trinajstić information content (AvgIpc) is 3.01. The molecule has 1 N–H and O–H groups in total. The Morgan fingerprint density at radius 1 is 1.05 bits per heavy atom. The minimum atomic E-state index is 0.0418. The third-order valence-corrected chi connectivity index (χ3v) is 4.25. The number of rotatable bonds is 1. The zero-order chi connectivity index (χ0) is 14.9. The van der Waals surface area contributed by atoms with Gasteiger partial charge in [0.15, 0.2) is 0 Å². The number of carbonyl (C=O) groups is 1. The molecule has 110 valence electrons. The van der Waals surface area contributed by atoms with E-state index in [0.29, 0.717) is 5.56 Å². The van der Waals surface area contributed by atoms with Crippen molar-refractivity contribution in [3.05, 3.63) is 60.2 Å². The van der Waals surface area contributed by atoms with E-state index in [9.17, 15) is 4.79 Å². The van der Waals surface area contributed by atoms with Crippen LogP contribution in [0.2, 0.25) is 0 Å². The summed E-state index contributed by atoms with van der Waals surface area (Å²) in [5.74, 6) is 0.953. The number of fused-ring (bicyclic) bond motifs is 2. The van der Waals surface area contributed by atoms with Crippen LogP contribution in [-0.2, 0) is 0 Å². The SMILES string of the molecule is O=C1c2ccccc2N=C(Nc2ccccc2)C2CCCN12. The number of amidine groups is 1. The number of nitrogens with one attached hydrogen (secondary N) is 1. The van der Waals surface area contributed by atoms with Crippen LogP contribution in [0.3, 0.4) is 0 Å². The molecule has 4 rings (SSSR count). The van der Waals surface area contributed by atoms with Crippen LogP contribution in [0.1, 0.15) is 23.2 Å². The first-order chi connectivity index (χ1) is 10.8. The van der Waals surface area contributed by atoms with Crippen molar-refractivity contribution in [1.29, 1.82) is 0 Å². The van der Waals surface area contributed by atoms with Crippen LogP contribution >= 0.6 is 0 Å². The molecule has 0 aliphatic carbocycles. The highest BCUT2D eigenvalue weighted by Gasteiger charge is 2.36. The van der Waals surface area contributed by atoms with Crippen LogP contribution in [0.25, 0.3) is 0 Å². The van der Waals surface area contributed by atoms with Crippen LogP contribution in [0.4, 0.5) is 11.4 Å². The molecule has 2 heterocycles. The number of amides is 1. The van der Waals surface area contributed by atoms with Crippen LogP contribution in [0, 0.1) is 0 Å². The van der Waals surface area contributed by atoms with Crippen molar-refractivity contribution in [2.45, 2.75) is 18.9 Å². The highest BCUT2D eigenvalue weighted by Crippen LogP contribution is 2.31. The molecule has 2 aliphatic heterocycles. The van der Waals surface area contributed by atoms with E-state index < -0.39 is 0 Å². The largest absolute Gasteiger partial charge is 0.342 e. The second-order valence-electron chi connectivity index (χ2n) is 5.66. The summed E-state index contributed by atoms with van der Waals surface area (Å²) in [6, 6.07) is 17.6. The number of anilines is 1. The lowest BCUT2D eigenvalue weighted by molar-refractivity contribution is 0.0773. The van der Waals surface area contributed by atoms with Gasteiger partial charge < -0.3 is 10.2 Å². The van der Waals surface area contributed by atoms with Crippen molar-refractivity contribution in [1.82, 2.24) is 4.90 Å². The van der Waals surface area contributed by atoms with E-state index in [2.05, 4.69) is 5.32 Å². The number of nitrogens with zero attached hydrogens (tertiary/aromatic N) is 2. The van der Waals surface area contributed by atoms with Crippen molar-refractivity contribution in [3.63, 3.8) is 0 Å². The molecule has 4 nitrogen and oxygen atoms in total. The zero-order valence-electron chi connectivity index (χ0n) is 12.2. The normalized spacial score (nSPS) is 20.0. The van der Waals surface area contributed by atoms with E-state index in [1.54, 1.807) is 0 Å².